The molecule has 1 aromatic rings. The van der Waals surface area contributed by atoms with Crippen molar-refractivity contribution in [2.75, 3.05) is 18.4 Å². The average molecular weight is 255 g/mol. The van der Waals surface area contributed by atoms with Crippen molar-refractivity contribution in [3.63, 3.8) is 0 Å². The Bertz CT molecular complexity index is 472. The number of amides is 1. The molecule has 2 rings (SSSR count). The number of rotatable bonds is 3. The normalized spacial score (nSPS) is 15.1. The molecule has 1 amide bonds. The summed E-state index contributed by atoms with van der Waals surface area (Å²) < 4.78 is 0. The predicted molar refractivity (Wildman–Crippen MR) is 63.4 cm³/mol. The van der Waals surface area contributed by atoms with E-state index in [4.69, 9.17) is 16.7 Å². The first kappa shape index (κ1) is 11.9. The van der Waals surface area contributed by atoms with E-state index < -0.39 is 5.97 Å². The SMILES string of the molecule is O=C(O)c1cc(NC(=O)C2CNC2)ccc1Cl. The van der Waals surface area contributed by atoms with Crippen molar-refractivity contribution in [2.24, 2.45) is 5.92 Å². The molecule has 0 aliphatic carbocycles. The molecule has 5 nitrogen and oxygen atoms in total. The molecule has 0 bridgehead atoms. The number of carboxylic acids is 1. The van der Waals surface area contributed by atoms with Crippen LogP contribution in [0.5, 0.6) is 0 Å². The van der Waals surface area contributed by atoms with E-state index in [9.17, 15) is 9.59 Å². The summed E-state index contributed by atoms with van der Waals surface area (Å²) in [4.78, 5) is 22.5. The van der Waals surface area contributed by atoms with Crippen LogP contribution >= 0.6 is 11.6 Å². The van der Waals surface area contributed by atoms with Gasteiger partial charge in [0.1, 0.15) is 0 Å². The summed E-state index contributed by atoms with van der Waals surface area (Å²) in [7, 11) is 0. The highest BCUT2D eigenvalue weighted by Crippen LogP contribution is 2.21. The molecule has 90 valence electrons. The van der Waals surface area contributed by atoms with E-state index in [1.165, 1.54) is 12.1 Å². The van der Waals surface area contributed by atoms with Crippen LogP contribution in [0.25, 0.3) is 0 Å². The highest BCUT2D eigenvalue weighted by atomic mass is 35.5. The van der Waals surface area contributed by atoms with Gasteiger partial charge in [0.05, 0.1) is 16.5 Å². The van der Waals surface area contributed by atoms with Gasteiger partial charge in [-0.15, -0.1) is 0 Å². The lowest BCUT2D eigenvalue weighted by Crippen LogP contribution is -2.48. The van der Waals surface area contributed by atoms with E-state index in [2.05, 4.69) is 10.6 Å². The maximum atomic E-state index is 11.6. The molecule has 1 aliphatic heterocycles. The molecule has 0 aromatic heterocycles. The number of aromatic carboxylic acids is 1. The Kier molecular flexibility index (Phi) is 3.31. The zero-order valence-corrected chi connectivity index (χ0v) is 9.62. The minimum Gasteiger partial charge on any atom is -0.478 e. The average Bonchev–Trinajstić information content (AvgIpc) is 2.17. The Hall–Kier alpha value is -1.59. The van der Waals surface area contributed by atoms with Crippen molar-refractivity contribution in [1.82, 2.24) is 5.32 Å². The number of hydrogen-bond acceptors (Lipinski definition) is 3. The Labute approximate surface area is 103 Å². The number of benzene rings is 1. The molecular weight excluding hydrogens is 244 g/mol. The second-order valence-corrected chi connectivity index (χ2v) is 4.25. The molecule has 0 saturated carbocycles. The minimum atomic E-state index is -1.11. The van der Waals surface area contributed by atoms with Gasteiger partial charge in [-0.2, -0.15) is 0 Å². The third-order valence-corrected chi connectivity index (χ3v) is 2.95. The first-order valence-corrected chi connectivity index (χ1v) is 5.50. The van der Waals surface area contributed by atoms with Crippen LogP contribution < -0.4 is 10.6 Å². The Morgan fingerprint density at radius 3 is 2.65 bits per heavy atom. The van der Waals surface area contributed by atoms with E-state index in [1.807, 2.05) is 0 Å². The molecule has 1 fully saturated rings. The van der Waals surface area contributed by atoms with Gasteiger partial charge in [-0.1, -0.05) is 11.6 Å². The van der Waals surface area contributed by atoms with Crippen molar-refractivity contribution < 1.29 is 14.7 Å². The summed E-state index contributed by atoms with van der Waals surface area (Å²) in [6, 6.07) is 4.40. The third-order valence-electron chi connectivity index (χ3n) is 2.62. The number of anilines is 1. The topological polar surface area (TPSA) is 78.4 Å². The van der Waals surface area contributed by atoms with Crippen LogP contribution in [0.4, 0.5) is 5.69 Å². The van der Waals surface area contributed by atoms with Gasteiger partial charge in [0.2, 0.25) is 5.91 Å². The van der Waals surface area contributed by atoms with Gasteiger partial charge in [-0.05, 0) is 18.2 Å². The molecule has 1 aliphatic rings. The van der Waals surface area contributed by atoms with Crippen LogP contribution in [0.2, 0.25) is 5.02 Å². The first-order chi connectivity index (χ1) is 8.08. The number of hydrogen-bond donors (Lipinski definition) is 3. The molecule has 0 atom stereocenters. The summed E-state index contributed by atoms with van der Waals surface area (Å²) >= 11 is 5.73. The summed E-state index contributed by atoms with van der Waals surface area (Å²) in [5.74, 6) is -1.27. The van der Waals surface area contributed by atoms with Crippen LogP contribution in [-0.4, -0.2) is 30.1 Å². The van der Waals surface area contributed by atoms with Crippen molar-refractivity contribution in [3.05, 3.63) is 28.8 Å². The van der Waals surface area contributed by atoms with Crippen LogP contribution in [0.3, 0.4) is 0 Å². The number of nitrogens with one attached hydrogen (secondary N) is 2. The van der Waals surface area contributed by atoms with Crippen molar-refractivity contribution >= 4 is 29.2 Å². The van der Waals surface area contributed by atoms with Crippen LogP contribution in [-0.2, 0) is 4.79 Å². The van der Waals surface area contributed by atoms with Gasteiger partial charge in [0, 0.05) is 18.8 Å². The maximum absolute atomic E-state index is 11.6. The fourth-order valence-corrected chi connectivity index (χ4v) is 1.68. The summed E-state index contributed by atoms with van der Waals surface area (Å²) in [5, 5.41) is 14.7. The van der Waals surface area contributed by atoms with Gasteiger partial charge >= 0.3 is 5.97 Å². The molecule has 0 radical (unpaired) electrons. The van der Waals surface area contributed by atoms with Crippen molar-refractivity contribution in [3.8, 4) is 0 Å². The summed E-state index contributed by atoms with van der Waals surface area (Å²) in [6.45, 7) is 1.32. The molecule has 1 heterocycles. The van der Waals surface area contributed by atoms with Gasteiger partial charge in [0.25, 0.3) is 0 Å². The lowest BCUT2D eigenvalue weighted by atomic mass is 10.0. The molecular formula is C11H11ClN2O3. The highest BCUT2D eigenvalue weighted by molar-refractivity contribution is 6.33. The molecule has 0 unspecified atom stereocenters. The van der Waals surface area contributed by atoms with Gasteiger partial charge in [-0.3, -0.25) is 4.79 Å². The largest absolute Gasteiger partial charge is 0.478 e. The molecule has 1 aromatic carbocycles. The minimum absolute atomic E-state index is 0.0174. The Morgan fingerprint density at radius 1 is 1.41 bits per heavy atom. The van der Waals surface area contributed by atoms with Gasteiger partial charge < -0.3 is 15.7 Å². The summed E-state index contributed by atoms with van der Waals surface area (Å²) in [6.07, 6.45) is 0. The van der Waals surface area contributed by atoms with E-state index in [0.717, 1.165) is 0 Å². The fraction of sp³-hybridized carbons (Fsp3) is 0.273. The van der Waals surface area contributed by atoms with Crippen molar-refractivity contribution in [1.29, 1.82) is 0 Å². The highest BCUT2D eigenvalue weighted by Gasteiger charge is 2.25. The monoisotopic (exact) mass is 254 g/mol. The Balaban J connectivity index is 2.13. The van der Waals surface area contributed by atoms with Gasteiger partial charge in [-0.25, -0.2) is 4.79 Å². The molecule has 6 heteroatoms. The number of carbonyl (C=O) groups is 2. The molecule has 17 heavy (non-hydrogen) atoms. The van der Waals surface area contributed by atoms with Crippen LogP contribution in [0, 0.1) is 5.92 Å². The third kappa shape index (κ3) is 2.57. The fourth-order valence-electron chi connectivity index (χ4n) is 1.49. The van der Waals surface area contributed by atoms with E-state index >= 15 is 0 Å². The van der Waals surface area contributed by atoms with E-state index in [1.54, 1.807) is 6.07 Å². The molecule has 3 N–H and O–H groups in total. The zero-order chi connectivity index (χ0) is 12.4. The number of carbonyl (C=O) groups excluding carboxylic acids is 1. The smallest absolute Gasteiger partial charge is 0.337 e. The number of carboxylic acid groups (broad SMARTS) is 1. The van der Waals surface area contributed by atoms with E-state index in [0.29, 0.717) is 18.8 Å². The lowest BCUT2D eigenvalue weighted by Gasteiger charge is -2.25. The van der Waals surface area contributed by atoms with Gasteiger partial charge in [0.15, 0.2) is 0 Å². The Morgan fingerprint density at radius 2 is 2.12 bits per heavy atom. The number of halogens is 1. The maximum Gasteiger partial charge on any atom is 0.337 e. The standard InChI is InChI=1S/C11H11ClN2O3/c12-9-2-1-7(3-8(9)11(16)17)14-10(15)6-4-13-5-6/h1-3,6,13H,4-5H2,(H,14,15)(H,16,17). The van der Waals surface area contributed by atoms with E-state index in [-0.39, 0.29) is 22.4 Å². The second-order valence-electron chi connectivity index (χ2n) is 3.84. The molecule has 0 spiro atoms. The molecule has 1 saturated heterocycles. The second kappa shape index (κ2) is 4.73. The first-order valence-electron chi connectivity index (χ1n) is 5.12. The predicted octanol–water partition coefficient (Wildman–Crippen LogP) is 1.20. The summed E-state index contributed by atoms with van der Waals surface area (Å²) in [5.41, 5.74) is 0.430. The zero-order valence-electron chi connectivity index (χ0n) is 8.87. The van der Waals surface area contributed by atoms with Crippen molar-refractivity contribution in [2.45, 2.75) is 0 Å². The lowest BCUT2D eigenvalue weighted by molar-refractivity contribution is -0.121. The quantitative estimate of drug-likeness (QED) is 0.757. The van der Waals surface area contributed by atoms with Crippen LogP contribution in [0.1, 0.15) is 10.4 Å². The van der Waals surface area contributed by atoms with Crippen LogP contribution in [0.15, 0.2) is 18.2 Å².